The van der Waals surface area contributed by atoms with Gasteiger partial charge in [0.2, 0.25) is 0 Å². The van der Waals surface area contributed by atoms with Crippen LogP contribution in [-0.2, 0) is 6.42 Å². The van der Waals surface area contributed by atoms with Crippen LogP contribution in [0.1, 0.15) is 25.6 Å². The zero-order chi connectivity index (χ0) is 13.1. The summed E-state index contributed by atoms with van der Waals surface area (Å²) in [7, 11) is 0. The molecule has 3 rings (SSSR count). The third-order valence-electron chi connectivity index (χ3n) is 3.37. The maximum absolute atomic E-state index is 4.71. The molecule has 1 aliphatic carbocycles. The highest BCUT2D eigenvalue weighted by Crippen LogP contribution is 2.32. The minimum atomic E-state index is 0.806. The van der Waals surface area contributed by atoms with Gasteiger partial charge in [0.25, 0.3) is 0 Å². The van der Waals surface area contributed by atoms with Crippen LogP contribution in [0.3, 0.4) is 0 Å². The number of aromatic nitrogens is 2. The van der Waals surface area contributed by atoms with Crippen LogP contribution < -0.4 is 5.32 Å². The van der Waals surface area contributed by atoms with E-state index < -0.39 is 0 Å². The van der Waals surface area contributed by atoms with Crippen LogP contribution in [0.5, 0.6) is 0 Å². The number of rotatable bonds is 5. The monoisotopic (exact) mass is 253 g/mol. The van der Waals surface area contributed by atoms with Gasteiger partial charge in [0, 0.05) is 24.6 Å². The first-order valence-electron chi connectivity index (χ1n) is 7.02. The second kappa shape index (κ2) is 5.39. The molecule has 0 spiro atoms. The summed E-state index contributed by atoms with van der Waals surface area (Å²) >= 11 is 0. The first-order valence-corrected chi connectivity index (χ1v) is 7.02. The van der Waals surface area contributed by atoms with Crippen LogP contribution in [0, 0.1) is 5.92 Å². The van der Waals surface area contributed by atoms with Gasteiger partial charge in [-0.15, -0.1) is 0 Å². The van der Waals surface area contributed by atoms with Gasteiger partial charge in [0.05, 0.1) is 5.69 Å². The summed E-state index contributed by atoms with van der Waals surface area (Å²) in [4.78, 5) is 9.32. The van der Waals surface area contributed by atoms with Gasteiger partial charge in [-0.05, 0) is 25.7 Å². The smallest absolute Gasteiger partial charge is 0.131 e. The number of nitrogens with one attached hydrogen (secondary N) is 1. The van der Waals surface area contributed by atoms with E-state index in [4.69, 9.17) is 4.98 Å². The molecule has 1 aromatic carbocycles. The fourth-order valence-electron chi connectivity index (χ4n) is 2.20. The molecule has 1 heterocycles. The number of nitrogens with zero attached hydrogens (tertiary/aromatic N) is 2. The molecular formula is C16H19N3. The van der Waals surface area contributed by atoms with Crippen LogP contribution in [0.4, 0.5) is 5.82 Å². The molecule has 2 aromatic rings. The summed E-state index contributed by atoms with van der Waals surface area (Å²) < 4.78 is 0. The number of benzene rings is 1. The lowest BCUT2D eigenvalue weighted by molar-refractivity contribution is 0.771. The third-order valence-corrected chi connectivity index (χ3v) is 3.37. The Balaban J connectivity index is 1.94. The molecule has 0 unspecified atom stereocenters. The molecule has 1 N–H and O–H groups in total. The summed E-state index contributed by atoms with van der Waals surface area (Å²) in [5, 5.41) is 3.30. The van der Waals surface area contributed by atoms with Gasteiger partial charge in [-0.1, -0.05) is 30.3 Å². The molecule has 98 valence electrons. The average Bonchev–Trinajstić information content (AvgIpc) is 3.24. The van der Waals surface area contributed by atoms with E-state index in [1.807, 2.05) is 24.3 Å². The third kappa shape index (κ3) is 3.11. The number of hydrogen-bond acceptors (Lipinski definition) is 3. The fraction of sp³-hybridized carbons (Fsp3) is 0.375. The van der Waals surface area contributed by atoms with Crippen molar-refractivity contribution in [2.75, 3.05) is 11.9 Å². The summed E-state index contributed by atoms with van der Waals surface area (Å²) in [6.07, 6.45) is 3.67. The van der Waals surface area contributed by atoms with E-state index >= 15 is 0 Å². The van der Waals surface area contributed by atoms with Crippen molar-refractivity contribution in [2.45, 2.75) is 26.2 Å². The quantitative estimate of drug-likeness (QED) is 0.885. The predicted octanol–water partition coefficient (Wildman–Crippen LogP) is 3.53. The second-order valence-corrected chi connectivity index (χ2v) is 5.10. The Morgan fingerprint density at radius 3 is 2.63 bits per heavy atom. The second-order valence-electron chi connectivity index (χ2n) is 5.10. The molecule has 3 nitrogen and oxygen atoms in total. The van der Waals surface area contributed by atoms with Crippen LogP contribution in [0.2, 0.25) is 0 Å². The van der Waals surface area contributed by atoms with E-state index in [0.29, 0.717) is 0 Å². The van der Waals surface area contributed by atoms with E-state index in [0.717, 1.165) is 41.8 Å². The van der Waals surface area contributed by atoms with Gasteiger partial charge < -0.3 is 5.32 Å². The van der Waals surface area contributed by atoms with Gasteiger partial charge in [0.15, 0.2) is 0 Å². The lowest BCUT2D eigenvalue weighted by Crippen LogP contribution is -2.05. The van der Waals surface area contributed by atoms with Crippen molar-refractivity contribution in [3.05, 3.63) is 42.2 Å². The molecule has 1 saturated carbocycles. The van der Waals surface area contributed by atoms with E-state index in [-0.39, 0.29) is 0 Å². The van der Waals surface area contributed by atoms with E-state index in [2.05, 4.69) is 29.4 Å². The zero-order valence-electron chi connectivity index (χ0n) is 11.3. The van der Waals surface area contributed by atoms with Crippen LogP contribution >= 0.6 is 0 Å². The molecule has 1 aromatic heterocycles. The maximum Gasteiger partial charge on any atom is 0.131 e. The normalized spacial score (nSPS) is 14.4. The summed E-state index contributed by atoms with van der Waals surface area (Å²) in [6.45, 7) is 2.97. The Hall–Kier alpha value is -1.90. The first-order chi connectivity index (χ1) is 9.35. The van der Waals surface area contributed by atoms with Gasteiger partial charge >= 0.3 is 0 Å². The highest BCUT2D eigenvalue weighted by molar-refractivity contribution is 5.62. The Morgan fingerprint density at radius 2 is 1.95 bits per heavy atom. The highest BCUT2D eigenvalue weighted by atomic mass is 15.0. The molecule has 3 heteroatoms. The van der Waals surface area contributed by atoms with Crippen molar-refractivity contribution in [3.63, 3.8) is 0 Å². The number of hydrogen-bond donors (Lipinski definition) is 1. The fourth-order valence-corrected chi connectivity index (χ4v) is 2.20. The molecule has 0 radical (unpaired) electrons. The van der Waals surface area contributed by atoms with Crippen molar-refractivity contribution in [2.24, 2.45) is 5.92 Å². The van der Waals surface area contributed by atoms with Crippen LogP contribution in [-0.4, -0.2) is 16.5 Å². The first kappa shape index (κ1) is 12.2. The highest BCUT2D eigenvalue weighted by Gasteiger charge is 2.23. The van der Waals surface area contributed by atoms with E-state index in [1.54, 1.807) is 0 Å². The predicted molar refractivity (Wildman–Crippen MR) is 78.1 cm³/mol. The SMILES string of the molecule is CCNc1cc(-c2ccccc2)nc(CC2CC2)n1. The van der Waals surface area contributed by atoms with Gasteiger partial charge in [0.1, 0.15) is 11.6 Å². The zero-order valence-corrected chi connectivity index (χ0v) is 11.3. The van der Waals surface area contributed by atoms with Gasteiger partial charge in [-0.25, -0.2) is 9.97 Å². The minimum absolute atomic E-state index is 0.806. The topological polar surface area (TPSA) is 37.8 Å². The molecule has 0 aliphatic heterocycles. The Labute approximate surface area is 114 Å². The largest absolute Gasteiger partial charge is 0.370 e. The van der Waals surface area contributed by atoms with Gasteiger partial charge in [-0.3, -0.25) is 0 Å². The van der Waals surface area contributed by atoms with Crippen LogP contribution in [0.25, 0.3) is 11.3 Å². The lowest BCUT2D eigenvalue weighted by Gasteiger charge is -2.09. The molecule has 0 saturated heterocycles. The standard InChI is InChI=1S/C16H19N3/c1-2-17-15-11-14(13-6-4-3-5-7-13)18-16(19-15)10-12-8-9-12/h3-7,11-12H,2,8-10H2,1H3,(H,17,18,19). The van der Waals surface area contributed by atoms with Crippen molar-refractivity contribution in [3.8, 4) is 11.3 Å². The molecule has 1 fully saturated rings. The molecule has 0 atom stereocenters. The molecule has 0 amide bonds. The van der Waals surface area contributed by atoms with E-state index in [1.165, 1.54) is 12.8 Å². The average molecular weight is 253 g/mol. The lowest BCUT2D eigenvalue weighted by atomic mass is 10.1. The van der Waals surface area contributed by atoms with Crippen molar-refractivity contribution in [1.82, 2.24) is 9.97 Å². The Bertz CT molecular complexity index is 547. The Morgan fingerprint density at radius 1 is 1.16 bits per heavy atom. The maximum atomic E-state index is 4.71. The Kier molecular flexibility index (Phi) is 3.45. The summed E-state index contributed by atoms with van der Waals surface area (Å²) in [6, 6.07) is 12.4. The number of anilines is 1. The molecular weight excluding hydrogens is 234 g/mol. The molecule has 19 heavy (non-hydrogen) atoms. The van der Waals surface area contributed by atoms with Crippen LogP contribution in [0.15, 0.2) is 36.4 Å². The van der Waals surface area contributed by atoms with Gasteiger partial charge in [-0.2, -0.15) is 0 Å². The summed E-state index contributed by atoms with van der Waals surface area (Å²) in [5.41, 5.74) is 2.17. The van der Waals surface area contributed by atoms with Crippen molar-refractivity contribution in [1.29, 1.82) is 0 Å². The van der Waals surface area contributed by atoms with E-state index in [9.17, 15) is 0 Å². The molecule has 1 aliphatic rings. The molecule has 0 bridgehead atoms. The van der Waals surface area contributed by atoms with Crippen molar-refractivity contribution < 1.29 is 0 Å². The van der Waals surface area contributed by atoms with Crippen molar-refractivity contribution >= 4 is 5.82 Å². The minimum Gasteiger partial charge on any atom is -0.370 e. The summed E-state index contributed by atoms with van der Waals surface area (Å²) in [5.74, 6) is 2.72.